The van der Waals surface area contributed by atoms with Crippen LogP contribution in [0.25, 0.3) is 0 Å². The van der Waals surface area contributed by atoms with E-state index >= 15 is 0 Å². The van der Waals surface area contributed by atoms with E-state index in [9.17, 15) is 21.6 Å². The van der Waals surface area contributed by atoms with Crippen LogP contribution in [0.3, 0.4) is 0 Å². The van der Waals surface area contributed by atoms with Crippen LogP contribution in [-0.4, -0.2) is 38.3 Å². The van der Waals surface area contributed by atoms with Crippen LogP contribution in [0, 0.1) is 6.92 Å². The zero-order valence-electron chi connectivity index (χ0n) is 18.0. The van der Waals surface area contributed by atoms with Crippen molar-refractivity contribution in [2.75, 3.05) is 13.1 Å². The van der Waals surface area contributed by atoms with Crippen molar-refractivity contribution in [1.29, 1.82) is 0 Å². The number of halogens is 3. The second-order valence-electron chi connectivity index (χ2n) is 8.31. The van der Waals surface area contributed by atoms with Gasteiger partial charge in [-0.25, -0.2) is 8.42 Å². The van der Waals surface area contributed by atoms with Crippen LogP contribution in [0.5, 0.6) is 0 Å². The van der Waals surface area contributed by atoms with E-state index in [0.29, 0.717) is 0 Å². The van der Waals surface area contributed by atoms with Gasteiger partial charge in [-0.15, -0.1) is 13.2 Å². The lowest BCUT2D eigenvalue weighted by Gasteiger charge is -2.46. The third-order valence-electron chi connectivity index (χ3n) is 6.04. The smallest absolute Gasteiger partial charge is 0.287 e. The highest BCUT2D eigenvalue weighted by Crippen LogP contribution is 2.43. The van der Waals surface area contributed by atoms with Crippen molar-refractivity contribution in [2.45, 2.75) is 36.1 Å². The van der Waals surface area contributed by atoms with Crippen molar-refractivity contribution >= 4 is 10.0 Å². The van der Waals surface area contributed by atoms with Crippen LogP contribution in [0.1, 0.15) is 23.1 Å². The van der Waals surface area contributed by atoms with Gasteiger partial charge >= 0.3 is 6.36 Å². The third-order valence-corrected chi connectivity index (χ3v) is 7.87. The Kier molecular flexibility index (Phi) is 6.35. The summed E-state index contributed by atoms with van der Waals surface area (Å²) in [6.07, 6.45) is -6.28. The SMILES string of the molecule is Cc1ccc(S(=O)(=O)N2C[C@H](OC(F)(F)F)CC(c3ccccc3)(c3ccccc3)C2)cc1. The Morgan fingerprint density at radius 3 is 1.88 bits per heavy atom. The first-order valence-corrected chi connectivity index (χ1v) is 12.0. The maximum Gasteiger partial charge on any atom is 0.522 e. The molecule has 0 spiro atoms. The molecule has 0 unspecified atom stereocenters. The molecule has 0 bridgehead atoms. The number of alkyl halides is 3. The highest BCUT2D eigenvalue weighted by atomic mass is 32.2. The summed E-state index contributed by atoms with van der Waals surface area (Å²) >= 11 is 0. The average Bonchev–Trinajstić information content (AvgIpc) is 2.79. The first-order valence-electron chi connectivity index (χ1n) is 10.5. The molecule has 0 N–H and O–H groups in total. The fraction of sp³-hybridized carbons (Fsp3) is 0.280. The molecule has 0 radical (unpaired) electrons. The number of rotatable bonds is 5. The van der Waals surface area contributed by atoms with Gasteiger partial charge in [0, 0.05) is 18.5 Å². The van der Waals surface area contributed by atoms with Crippen molar-refractivity contribution in [3.8, 4) is 0 Å². The lowest BCUT2D eigenvalue weighted by molar-refractivity contribution is -0.346. The first kappa shape index (κ1) is 23.5. The van der Waals surface area contributed by atoms with Crippen LogP contribution >= 0.6 is 0 Å². The molecule has 8 heteroatoms. The summed E-state index contributed by atoms with van der Waals surface area (Å²) < 4.78 is 72.6. The molecule has 1 aliphatic rings. The topological polar surface area (TPSA) is 46.6 Å². The first-order chi connectivity index (χ1) is 15.6. The summed E-state index contributed by atoms with van der Waals surface area (Å²) in [6, 6.07) is 24.4. The fourth-order valence-corrected chi connectivity index (χ4v) is 6.05. The Labute approximate surface area is 191 Å². The summed E-state index contributed by atoms with van der Waals surface area (Å²) in [5, 5.41) is 0. The van der Waals surface area contributed by atoms with Crippen molar-refractivity contribution in [3.05, 3.63) is 102 Å². The Hall–Kier alpha value is -2.68. The number of hydrogen-bond donors (Lipinski definition) is 0. The predicted octanol–water partition coefficient (Wildman–Crippen LogP) is 5.28. The number of hydrogen-bond acceptors (Lipinski definition) is 3. The summed E-state index contributed by atoms with van der Waals surface area (Å²) in [7, 11) is -4.07. The highest BCUT2D eigenvalue weighted by molar-refractivity contribution is 7.89. The molecule has 0 saturated carbocycles. The van der Waals surface area contributed by atoms with E-state index in [-0.39, 0.29) is 17.9 Å². The van der Waals surface area contributed by atoms with Crippen molar-refractivity contribution in [1.82, 2.24) is 4.31 Å². The molecular weight excluding hydrogens is 451 g/mol. The molecule has 1 heterocycles. The summed E-state index contributed by atoms with van der Waals surface area (Å²) in [6.45, 7) is 1.44. The van der Waals surface area contributed by atoms with Gasteiger partial charge in [0.15, 0.2) is 0 Å². The minimum absolute atomic E-state index is 0.00501. The molecule has 0 aliphatic carbocycles. The monoisotopic (exact) mass is 475 g/mol. The summed E-state index contributed by atoms with van der Waals surface area (Å²) in [5.74, 6) is 0. The number of ether oxygens (including phenoxy) is 1. The minimum Gasteiger partial charge on any atom is -0.287 e. The largest absolute Gasteiger partial charge is 0.522 e. The van der Waals surface area contributed by atoms with E-state index in [1.807, 2.05) is 43.3 Å². The Balaban J connectivity index is 1.86. The van der Waals surface area contributed by atoms with E-state index in [2.05, 4.69) is 4.74 Å². The normalized spacial score (nSPS) is 19.3. The predicted molar refractivity (Wildman–Crippen MR) is 119 cm³/mol. The molecule has 4 rings (SSSR count). The van der Waals surface area contributed by atoms with E-state index in [0.717, 1.165) is 21.0 Å². The van der Waals surface area contributed by atoms with Crippen LogP contribution in [-0.2, 0) is 20.2 Å². The molecule has 33 heavy (non-hydrogen) atoms. The van der Waals surface area contributed by atoms with Gasteiger partial charge in [-0.2, -0.15) is 4.31 Å². The van der Waals surface area contributed by atoms with Gasteiger partial charge in [-0.3, -0.25) is 4.74 Å². The third kappa shape index (κ3) is 4.98. The van der Waals surface area contributed by atoms with Crippen LogP contribution in [0.2, 0.25) is 0 Å². The molecule has 3 aromatic rings. The van der Waals surface area contributed by atoms with Gasteiger partial charge in [-0.05, 0) is 36.6 Å². The molecule has 1 atom stereocenters. The zero-order chi connectivity index (χ0) is 23.7. The highest BCUT2D eigenvalue weighted by Gasteiger charge is 2.49. The summed E-state index contributed by atoms with van der Waals surface area (Å²) in [5.41, 5.74) is 1.33. The van der Waals surface area contributed by atoms with E-state index in [1.54, 1.807) is 36.4 Å². The number of sulfonamides is 1. The van der Waals surface area contributed by atoms with Crippen LogP contribution in [0.4, 0.5) is 13.2 Å². The fourth-order valence-electron chi connectivity index (χ4n) is 4.52. The zero-order valence-corrected chi connectivity index (χ0v) is 18.8. The Morgan fingerprint density at radius 2 is 1.39 bits per heavy atom. The lowest BCUT2D eigenvalue weighted by Crippen LogP contribution is -2.55. The second-order valence-corrected chi connectivity index (χ2v) is 10.3. The van der Waals surface area contributed by atoms with Gasteiger partial charge in [0.2, 0.25) is 10.0 Å². The van der Waals surface area contributed by atoms with E-state index in [4.69, 9.17) is 0 Å². The van der Waals surface area contributed by atoms with E-state index in [1.165, 1.54) is 12.1 Å². The lowest BCUT2D eigenvalue weighted by atomic mass is 9.69. The number of nitrogens with zero attached hydrogens (tertiary/aromatic N) is 1. The van der Waals surface area contributed by atoms with Gasteiger partial charge in [-0.1, -0.05) is 78.4 Å². The van der Waals surface area contributed by atoms with Gasteiger partial charge in [0.1, 0.15) is 0 Å². The van der Waals surface area contributed by atoms with Crippen LogP contribution < -0.4 is 0 Å². The van der Waals surface area contributed by atoms with Crippen LogP contribution in [0.15, 0.2) is 89.8 Å². The quantitative estimate of drug-likeness (QED) is 0.504. The van der Waals surface area contributed by atoms with Crippen molar-refractivity contribution < 1.29 is 26.3 Å². The molecule has 1 aliphatic heterocycles. The summed E-state index contributed by atoms with van der Waals surface area (Å²) in [4.78, 5) is 0.0378. The number of aryl methyl sites for hydroxylation is 1. The standard InChI is InChI=1S/C25H24F3NO3S/c1-19-12-14-23(15-13-19)33(30,31)29-17-22(32-25(26,27)28)16-24(18-29,20-8-4-2-5-9-20)21-10-6-3-7-11-21/h2-15,22H,16-18H2,1H3/t22-/m1/s1. The number of benzene rings is 3. The molecule has 174 valence electrons. The maximum atomic E-state index is 13.5. The van der Waals surface area contributed by atoms with Crippen molar-refractivity contribution in [2.24, 2.45) is 0 Å². The minimum atomic E-state index is -4.89. The number of piperidine rings is 1. The molecule has 1 fully saturated rings. The Bertz CT molecular complexity index is 1140. The molecular formula is C25H24F3NO3S. The maximum absolute atomic E-state index is 13.5. The second kappa shape index (κ2) is 8.93. The molecule has 0 amide bonds. The molecule has 1 saturated heterocycles. The van der Waals surface area contributed by atoms with E-state index < -0.39 is 34.4 Å². The van der Waals surface area contributed by atoms with Gasteiger partial charge in [0.25, 0.3) is 0 Å². The van der Waals surface area contributed by atoms with Gasteiger partial charge < -0.3 is 0 Å². The van der Waals surface area contributed by atoms with Gasteiger partial charge in [0.05, 0.1) is 11.0 Å². The molecule has 4 nitrogen and oxygen atoms in total. The molecule has 0 aromatic heterocycles. The molecule has 3 aromatic carbocycles. The average molecular weight is 476 g/mol. The van der Waals surface area contributed by atoms with Crippen molar-refractivity contribution in [3.63, 3.8) is 0 Å². The Morgan fingerprint density at radius 1 is 0.879 bits per heavy atom.